The maximum atomic E-state index is 12.0. The Kier molecular flexibility index (Phi) is 3.19. The number of aryl methyl sites for hydroxylation is 2. The zero-order valence-electron chi connectivity index (χ0n) is 10.1. The van der Waals surface area contributed by atoms with Crippen LogP contribution in [0, 0.1) is 13.8 Å². The van der Waals surface area contributed by atoms with Gasteiger partial charge in [0.05, 0.1) is 15.9 Å². The van der Waals surface area contributed by atoms with Crippen LogP contribution in [0.1, 0.15) is 21.7 Å². The molecule has 0 atom stereocenters. The molecule has 0 aliphatic rings. The summed E-state index contributed by atoms with van der Waals surface area (Å²) in [4.78, 5) is 12.0. The predicted molar refractivity (Wildman–Crippen MR) is 69.1 cm³/mol. The Morgan fingerprint density at radius 3 is 2.65 bits per heavy atom. The third kappa shape index (κ3) is 2.34. The summed E-state index contributed by atoms with van der Waals surface area (Å²) in [7, 11) is 1.90. The maximum Gasteiger partial charge on any atom is 0.185 e. The van der Waals surface area contributed by atoms with Gasteiger partial charge in [-0.1, -0.05) is 0 Å². The average molecular weight is 296 g/mol. The van der Waals surface area contributed by atoms with Crippen LogP contribution in [-0.2, 0) is 13.6 Å². The van der Waals surface area contributed by atoms with Crippen molar-refractivity contribution in [3.63, 3.8) is 0 Å². The first-order chi connectivity index (χ1) is 7.99. The molecule has 0 amide bonds. The largest absolute Gasteiger partial charge is 0.357 e. The van der Waals surface area contributed by atoms with Crippen LogP contribution in [0.5, 0.6) is 0 Å². The summed E-state index contributed by atoms with van der Waals surface area (Å²) in [5, 5.41) is 4.32. The maximum absolute atomic E-state index is 12.0. The van der Waals surface area contributed by atoms with E-state index in [0.717, 1.165) is 21.4 Å². The minimum absolute atomic E-state index is 0.0729. The molecule has 5 heteroatoms. The second-order valence-corrected chi connectivity index (χ2v) is 4.92. The van der Waals surface area contributed by atoms with Crippen LogP contribution in [0.15, 0.2) is 22.9 Å². The molecule has 2 aromatic heterocycles. The molecule has 2 rings (SSSR count). The van der Waals surface area contributed by atoms with E-state index in [-0.39, 0.29) is 12.3 Å². The summed E-state index contributed by atoms with van der Waals surface area (Å²) in [5.74, 6) is 0.0729. The molecule has 0 saturated heterocycles. The quantitative estimate of drug-likeness (QED) is 0.816. The number of rotatable bonds is 3. The predicted octanol–water partition coefficient (Wildman–Crippen LogP) is 2.48. The van der Waals surface area contributed by atoms with E-state index in [9.17, 15) is 4.79 Å². The van der Waals surface area contributed by atoms with E-state index < -0.39 is 0 Å². The molecule has 2 heterocycles. The number of hydrogen-bond acceptors (Lipinski definition) is 2. The van der Waals surface area contributed by atoms with Gasteiger partial charge in [0.25, 0.3) is 0 Å². The highest BCUT2D eigenvalue weighted by Gasteiger charge is 2.13. The summed E-state index contributed by atoms with van der Waals surface area (Å²) in [6.07, 6.45) is 3.69. The Hall–Kier alpha value is -1.36. The SMILES string of the molecule is Cc1nn(CC(=O)c2ccn(C)c2)c(C)c1Br. The molecule has 0 fully saturated rings. The molecule has 2 aromatic rings. The van der Waals surface area contributed by atoms with Gasteiger partial charge in [0, 0.05) is 25.0 Å². The van der Waals surface area contributed by atoms with Gasteiger partial charge in [0.15, 0.2) is 5.78 Å². The van der Waals surface area contributed by atoms with Crippen molar-refractivity contribution in [3.05, 3.63) is 39.9 Å². The lowest BCUT2D eigenvalue weighted by Gasteiger charge is -2.02. The van der Waals surface area contributed by atoms with Crippen molar-refractivity contribution >= 4 is 21.7 Å². The number of nitrogens with zero attached hydrogens (tertiary/aromatic N) is 3. The topological polar surface area (TPSA) is 39.8 Å². The molecule has 17 heavy (non-hydrogen) atoms. The normalized spacial score (nSPS) is 10.8. The second kappa shape index (κ2) is 4.49. The van der Waals surface area contributed by atoms with E-state index in [1.807, 2.05) is 43.9 Å². The summed E-state index contributed by atoms with van der Waals surface area (Å²) >= 11 is 3.45. The van der Waals surface area contributed by atoms with E-state index in [2.05, 4.69) is 21.0 Å². The van der Waals surface area contributed by atoms with E-state index in [1.165, 1.54) is 0 Å². The van der Waals surface area contributed by atoms with Crippen molar-refractivity contribution in [1.82, 2.24) is 14.3 Å². The molecular formula is C12H14BrN3O. The molecule has 0 unspecified atom stereocenters. The monoisotopic (exact) mass is 295 g/mol. The van der Waals surface area contributed by atoms with Crippen LogP contribution in [0.3, 0.4) is 0 Å². The van der Waals surface area contributed by atoms with Gasteiger partial charge in [-0.05, 0) is 35.8 Å². The van der Waals surface area contributed by atoms with Crippen LogP contribution >= 0.6 is 15.9 Å². The zero-order valence-corrected chi connectivity index (χ0v) is 11.7. The standard InChI is InChI=1S/C12H14BrN3O/c1-8-12(13)9(2)16(14-8)7-11(17)10-4-5-15(3)6-10/h4-6H,7H2,1-3H3. The Balaban J connectivity index is 2.21. The zero-order chi connectivity index (χ0) is 12.6. The highest BCUT2D eigenvalue weighted by molar-refractivity contribution is 9.10. The smallest absolute Gasteiger partial charge is 0.185 e. The van der Waals surface area contributed by atoms with E-state index in [1.54, 1.807) is 4.68 Å². The van der Waals surface area contributed by atoms with Crippen LogP contribution in [-0.4, -0.2) is 20.1 Å². The van der Waals surface area contributed by atoms with Crippen molar-refractivity contribution in [2.75, 3.05) is 0 Å². The lowest BCUT2D eigenvalue weighted by Crippen LogP contribution is -2.12. The second-order valence-electron chi connectivity index (χ2n) is 4.13. The Labute approximate surface area is 108 Å². The van der Waals surface area contributed by atoms with E-state index >= 15 is 0 Å². The van der Waals surface area contributed by atoms with Crippen LogP contribution in [0.4, 0.5) is 0 Å². The van der Waals surface area contributed by atoms with Gasteiger partial charge in [-0.15, -0.1) is 0 Å². The molecule has 0 bridgehead atoms. The van der Waals surface area contributed by atoms with Gasteiger partial charge in [-0.3, -0.25) is 9.48 Å². The highest BCUT2D eigenvalue weighted by atomic mass is 79.9. The molecule has 0 N–H and O–H groups in total. The van der Waals surface area contributed by atoms with Crippen molar-refractivity contribution in [2.24, 2.45) is 7.05 Å². The molecule has 0 spiro atoms. The number of carbonyl (C=O) groups is 1. The Bertz CT molecular complexity index is 568. The molecular weight excluding hydrogens is 282 g/mol. The van der Waals surface area contributed by atoms with Gasteiger partial charge < -0.3 is 4.57 Å². The third-order valence-corrected chi connectivity index (χ3v) is 3.89. The first kappa shape index (κ1) is 12.1. The van der Waals surface area contributed by atoms with Gasteiger partial charge in [0.2, 0.25) is 0 Å². The van der Waals surface area contributed by atoms with Crippen molar-refractivity contribution in [2.45, 2.75) is 20.4 Å². The van der Waals surface area contributed by atoms with Crippen LogP contribution in [0.25, 0.3) is 0 Å². The van der Waals surface area contributed by atoms with Crippen LogP contribution < -0.4 is 0 Å². The Morgan fingerprint density at radius 2 is 2.18 bits per heavy atom. The van der Waals surface area contributed by atoms with Crippen molar-refractivity contribution in [1.29, 1.82) is 0 Å². The van der Waals surface area contributed by atoms with Crippen molar-refractivity contribution < 1.29 is 4.79 Å². The molecule has 4 nitrogen and oxygen atoms in total. The van der Waals surface area contributed by atoms with Crippen molar-refractivity contribution in [3.8, 4) is 0 Å². The minimum atomic E-state index is 0.0729. The number of aromatic nitrogens is 3. The fraction of sp³-hybridized carbons (Fsp3) is 0.333. The van der Waals surface area contributed by atoms with E-state index in [4.69, 9.17) is 0 Å². The lowest BCUT2D eigenvalue weighted by atomic mass is 10.2. The molecule has 0 aromatic carbocycles. The summed E-state index contributed by atoms with van der Waals surface area (Å²) in [6.45, 7) is 4.14. The number of ketones is 1. The van der Waals surface area contributed by atoms with Gasteiger partial charge in [-0.2, -0.15) is 5.10 Å². The average Bonchev–Trinajstić information content (AvgIpc) is 2.80. The Morgan fingerprint density at radius 1 is 1.47 bits per heavy atom. The molecule has 0 aliphatic heterocycles. The highest BCUT2D eigenvalue weighted by Crippen LogP contribution is 2.20. The summed E-state index contributed by atoms with van der Waals surface area (Å²) in [6, 6.07) is 1.82. The number of halogens is 1. The third-order valence-electron chi connectivity index (χ3n) is 2.74. The lowest BCUT2D eigenvalue weighted by molar-refractivity contribution is 0.0966. The summed E-state index contributed by atoms with van der Waals surface area (Å²) in [5.41, 5.74) is 2.60. The number of hydrogen-bond donors (Lipinski definition) is 0. The first-order valence-corrected chi connectivity index (χ1v) is 6.13. The van der Waals surface area contributed by atoms with E-state index in [0.29, 0.717) is 0 Å². The van der Waals surface area contributed by atoms with Gasteiger partial charge in [-0.25, -0.2) is 0 Å². The molecule has 0 aliphatic carbocycles. The van der Waals surface area contributed by atoms with Gasteiger partial charge in [0.1, 0.15) is 6.54 Å². The van der Waals surface area contributed by atoms with Gasteiger partial charge >= 0.3 is 0 Å². The number of Topliss-reactive ketones (excluding diaryl/α,β-unsaturated/α-hetero) is 1. The first-order valence-electron chi connectivity index (χ1n) is 5.33. The summed E-state index contributed by atoms with van der Waals surface area (Å²) < 4.78 is 4.57. The molecule has 0 saturated carbocycles. The minimum Gasteiger partial charge on any atom is -0.357 e. The molecule has 0 radical (unpaired) electrons. The number of carbonyl (C=O) groups excluding carboxylic acids is 1. The van der Waals surface area contributed by atoms with Crippen LogP contribution in [0.2, 0.25) is 0 Å². The fourth-order valence-electron chi connectivity index (χ4n) is 1.72. The fourth-order valence-corrected chi connectivity index (χ4v) is 2.01. The molecule has 90 valence electrons.